The van der Waals surface area contributed by atoms with Crippen LogP contribution in [-0.4, -0.2) is 36.0 Å². The number of nitrogens with zero attached hydrogens (tertiary/aromatic N) is 2. The molecule has 0 saturated carbocycles. The molecule has 32 heavy (non-hydrogen) atoms. The highest BCUT2D eigenvalue weighted by Crippen LogP contribution is 2.22. The molecule has 0 atom stereocenters. The fraction of sp³-hybridized carbons (Fsp3) is 0.190. The van der Waals surface area contributed by atoms with Crippen LogP contribution in [0.3, 0.4) is 0 Å². The first-order valence-corrected chi connectivity index (χ1v) is 11.4. The molecule has 0 spiro atoms. The summed E-state index contributed by atoms with van der Waals surface area (Å²) in [6, 6.07) is 8.76. The number of amides is 2. The molecule has 0 radical (unpaired) electrons. The lowest BCUT2D eigenvalue weighted by Gasteiger charge is -2.14. The van der Waals surface area contributed by atoms with Crippen LogP contribution in [0.4, 0.5) is 15.8 Å². The first-order valence-electron chi connectivity index (χ1n) is 9.50. The van der Waals surface area contributed by atoms with Gasteiger partial charge in [-0.05, 0) is 42.8 Å². The van der Waals surface area contributed by atoms with Crippen molar-refractivity contribution < 1.29 is 22.4 Å². The summed E-state index contributed by atoms with van der Waals surface area (Å²) in [4.78, 5) is 28.2. The summed E-state index contributed by atoms with van der Waals surface area (Å²) in [6.45, 7) is 3.07. The topological polar surface area (TPSA) is 122 Å². The predicted octanol–water partition coefficient (Wildman–Crippen LogP) is 2.58. The number of carbonyl (C=O) groups is 2. The van der Waals surface area contributed by atoms with Crippen molar-refractivity contribution in [2.45, 2.75) is 20.4 Å². The molecule has 0 saturated heterocycles. The van der Waals surface area contributed by atoms with Crippen molar-refractivity contribution in [2.75, 3.05) is 16.3 Å². The standard InChI is InChI=1S/C21H22FN5O4S/c1-13-23-8-9-27(13)20-7-4-15(10-18(20)22)12-24-21(29)17-11-16(25-14(2)28)5-6-19(17)26-32(3,30)31/h4-11,26H,12H2,1-3H3,(H,24,29)(H,25,28). The van der Waals surface area contributed by atoms with E-state index in [4.69, 9.17) is 0 Å². The fourth-order valence-electron chi connectivity index (χ4n) is 3.07. The highest BCUT2D eigenvalue weighted by Gasteiger charge is 2.16. The molecule has 9 nitrogen and oxygen atoms in total. The third-order valence-electron chi connectivity index (χ3n) is 4.43. The van der Waals surface area contributed by atoms with Crippen LogP contribution >= 0.6 is 0 Å². The molecule has 0 bridgehead atoms. The number of aromatic nitrogens is 2. The zero-order chi connectivity index (χ0) is 23.5. The molecule has 0 fully saturated rings. The fourth-order valence-corrected chi connectivity index (χ4v) is 3.65. The van der Waals surface area contributed by atoms with E-state index in [0.717, 1.165) is 6.26 Å². The molecule has 3 N–H and O–H groups in total. The Morgan fingerprint density at radius 2 is 1.91 bits per heavy atom. The zero-order valence-corrected chi connectivity index (χ0v) is 18.5. The number of hydrogen-bond acceptors (Lipinski definition) is 5. The van der Waals surface area contributed by atoms with Gasteiger partial charge in [0.25, 0.3) is 5.91 Å². The predicted molar refractivity (Wildman–Crippen MR) is 119 cm³/mol. The Labute approximate surface area is 184 Å². The Morgan fingerprint density at radius 3 is 2.50 bits per heavy atom. The Balaban J connectivity index is 1.81. The Kier molecular flexibility index (Phi) is 6.58. The Morgan fingerprint density at radius 1 is 1.16 bits per heavy atom. The van der Waals surface area contributed by atoms with Gasteiger partial charge in [0.15, 0.2) is 0 Å². The summed E-state index contributed by atoms with van der Waals surface area (Å²) < 4.78 is 41.8. The lowest BCUT2D eigenvalue weighted by Crippen LogP contribution is -2.25. The van der Waals surface area contributed by atoms with Crippen molar-refractivity contribution in [3.05, 3.63) is 71.6 Å². The second-order valence-electron chi connectivity index (χ2n) is 7.13. The molecule has 3 rings (SSSR count). The van der Waals surface area contributed by atoms with Crippen molar-refractivity contribution in [3.8, 4) is 5.69 Å². The van der Waals surface area contributed by atoms with Crippen molar-refractivity contribution in [1.29, 1.82) is 0 Å². The molecular formula is C21H22FN5O4S. The van der Waals surface area contributed by atoms with Crippen molar-refractivity contribution in [1.82, 2.24) is 14.9 Å². The van der Waals surface area contributed by atoms with Gasteiger partial charge in [0.2, 0.25) is 15.9 Å². The molecule has 0 unspecified atom stereocenters. The smallest absolute Gasteiger partial charge is 0.253 e. The van der Waals surface area contributed by atoms with E-state index in [1.165, 1.54) is 31.2 Å². The molecule has 0 aliphatic rings. The van der Waals surface area contributed by atoms with Crippen LogP contribution in [0, 0.1) is 12.7 Å². The van der Waals surface area contributed by atoms with E-state index in [-0.39, 0.29) is 23.7 Å². The molecule has 2 amide bonds. The van der Waals surface area contributed by atoms with Crippen molar-refractivity contribution >= 4 is 33.2 Å². The number of aryl methyl sites for hydroxylation is 1. The van der Waals surface area contributed by atoms with Gasteiger partial charge in [-0.3, -0.25) is 14.3 Å². The Bertz CT molecular complexity index is 1290. The summed E-state index contributed by atoms with van der Waals surface area (Å²) in [5.41, 5.74) is 1.22. The summed E-state index contributed by atoms with van der Waals surface area (Å²) in [6.07, 6.45) is 4.18. The number of nitrogens with one attached hydrogen (secondary N) is 3. The maximum atomic E-state index is 14.6. The van der Waals surface area contributed by atoms with Gasteiger partial charge < -0.3 is 15.2 Å². The van der Waals surface area contributed by atoms with E-state index < -0.39 is 21.7 Å². The molecule has 0 aliphatic heterocycles. The highest BCUT2D eigenvalue weighted by atomic mass is 32.2. The van der Waals surface area contributed by atoms with Crippen LogP contribution in [0.5, 0.6) is 0 Å². The Hall–Kier alpha value is -3.73. The molecule has 1 heterocycles. The van der Waals surface area contributed by atoms with E-state index in [9.17, 15) is 22.4 Å². The van der Waals surface area contributed by atoms with Crippen molar-refractivity contribution in [3.63, 3.8) is 0 Å². The van der Waals surface area contributed by atoms with Gasteiger partial charge in [0.05, 0.1) is 23.2 Å². The number of rotatable bonds is 7. The molecule has 11 heteroatoms. The van der Waals surface area contributed by atoms with Crippen LogP contribution in [0.25, 0.3) is 5.69 Å². The average molecular weight is 460 g/mol. The SMILES string of the molecule is CC(=O)Nc1ccc(NS(C)(=O)=O)c(C(=O)NCc2ccc(-n3ccnc3C)c(F)c2)c1. The zero-order valence-electron chi connectivity index (χ0n) is 17.6. The van der Waals surface area contributed by atoms with Gasteiger partial charge >= 0.3 is 0 Å². The summed E-state index contributed by atoms with van der Waals surface area (Å²) in [5.74, 6) is -0.790. The van der Waals surface area contributed by atoms with Crippen LogP contribution in [0.15, 0.2) is 48.8 Å². The second kappa shape index (κ2) is 9.18. The van der Waals surface area contributed by atoms with Gasteiger partial charge in [0.1, 0.15) is 11.6 Å². The van der Waals surface area contributed by atoms with Crippen LogP contribution < -0.4 is 15.4 Å². The number of halogens is 1. The van der Waals surface area contributed by atoms with Gasteiger partial charge in [-0.1, -0.05) is 6.07 Å². The van der Waals surface area contributed by atoms with E-state index in [0.29, 0.717) is 22.8 Å². The van der Waals surface area contributed by atoms with E-state index in [2.05, 4.69) is 20.3 Å². The lowest BCUT2D eigenvalue weighted by atomic mass is 10.1. The number of sulfonamides is 1. The van der Waals surface area contributed by atoms with Gasteiger partial charge in [-0.2, -0.15) is 0 Å². The molecule has 3 aromatic rings. The van der Waals surface area contributed by atoms with Crippen LogP contribution in [0.2, 0.25) is 0 Å². The van der Waals surface area contributed by atoms with Crippen molar-refractivity contribution in [2.24, 2.45) is 0 Å². The lowest BCUT2D eigenvalue weighted by molar-refractivity contribution is -0.114. The minimum atomic E-state index is -3.65. The minimum Gasteiger partial charge on any atom is -0.348 e. The first kappa shape index (κ1) is 22.9. The molecular weight excluding hydrogens is 437 g/mol. The van der Waals surface area contributed by atoms with E-state index >= 15 is 0 Å². The third-order valence-corrected chi connectivity index (χ3v) is 5.02. The number of anilines is 2. The molecule has 2 aromatic carbocycles. The third kappa shape index (κ3) is 5.70. The van der Waals surface area contributed by atoms with E-state index in [1.807, 2.05) is 0 Å². The summed E-state index contributed by atoms with van der Waals surface area (Å²) in [7, 11) is -3.65. The number of hydrogen-bond donors (Lipinski definition) is 3. The highest BCUT2D eigenvalue weighted by molar-refractivity contribution is 7.92. The molecule has 168 valence electrons. The number of carbonyl (C=O) groups excluding carboxylic acids is 2. The van der Waals surface area contributed by atoms with Crippen LogP contribution in [-0.2, 0) is 21.4 Å². The maximum absolute atomic E-state index is 14.6. The molecule has 1 aromatic heterocycles. The average Bonchev–Trinajstić information content (AvgIpc) is 3.11. The van der Waals surface area contributed by atoms with Crippen LogP contribution in [0.1, 0.15) is 28.7 Å². The van der Waals surface area contributed by atoms with Gasteiger partial charge in [0, 0.05) is 31.5 Å². The second-order valence-corrected chi connectivity index (χ2v) is 8.88. The largest absolute Gasteiger partial charge is 0.348 e. The normalized spacial score (nSPS) is 11.1. The quantitative estimate of drug-likeness (QED) is 0.501. The number of benzene rings is 2. The molecule has 0 aliphatic carbocycles. The van der Waals surface area contributed by atoms with Gasteiger partial charge in [-0.25, -0.2) is 17.8 Å². The van der Waals surface area contributed by atoms with Gasteiger partial charge in [-0.15, -0.1) is 0 Å². The summed E-state index contributed by atoms with van der Waals surface area (Å²) >= 11 is 0. The minimum absolute atomic E-state index is 0.00161. The summed E-state index contributed by atoms with van der Waals surface area (Å²) in [5, 5.41) is 5.18. The monoisotopic (exact) mass is 459 g/mol. The number of imidazole rings is 1. The first-order chi connectivity index (χ1) is 15.0. The van der Waals surface area contributed by atoms with E-state index in [1.54, 1.807) is 36.0 Å². The maximum Gasteiger partial charge on any atom is 0.253 e.